The minimum atomic E-state index is -0.0630. The Morgan fingerprint density at radius 1 is 0.912 bits per heavy atom. The summed E-state index contributed by atoms with van der Waals surface area (Å²) in [6, 6.07) is 20.5. The molecule has 6 nitrogen and oxygen atoms in total. The Bertz CT molecular complexity index is 1080. The molecular weight excluding hydrogens is 420 g/mol. The van der Waals surface area contributed by atoms with Crippen LogP contribution in [0.25, 0.3) is 0 Å². The van der Waals surface area contributed by atoms with Gasteiger partial charge < -0.3 is 21.4 Å². The summed E-state index contributed by atoms with van der Waals surface area (Å²) in [7, 11) is 0. The van der Waals surface area contributed by atoms with E-state index in [-0.39, 0.29) is 12.0 Å². The molecule has 2 aromatic carbocycles. The number of benzene rings is 2. The average molecular weight is 453 g/mol. The van der Waals surface area contributed by atoms with Gasteiger partial charge in [0, 0.05) is 30.6 Å². The smallest absolute Gasteiger partial charge is 0.131 e. The largest absolute Gasteiger partial charge is 0.385 e. The Labute approximate surface area is 201 Å². The van der Waals surface area contributed by atoms with Gasteiger partial charge in [-0.25, -0.2) is 9.97 Å². The quantitative estimate of drug-likeness (QED) is 0.428. The van der Waals surface area contributed by atoms with Crippen LogP contribution < -0.4 is 16.0 Å². The first kappa shape index (κ1) is 22.1. The molecule has 0 atom stereocenters. The van der Waals surface area contributed by atoms with Gasteiger partial charge in [-0.15, -0.1) is 0 Å². The van der Waals surface area contributed by atoms with Gasteiger partial charge in [-0.05, 0) is 42.9 Å². The minimum Gasteiger partial charge on any atom is -0.385 e. The minimum absolute atomic E-state index is 0.0630. The fourth-order valence-corrected chi connectivity index (χ4v) is 4.64. The first-order valence-corrected chi connectivity index (χ1v) is 12.2. The number of nitrogens with two attached hydrogens (primary N) is 1. The van der Waals surface area contributed by atoms with Crippen LogP contribution in [0, 0.1) is 11.3 Å². The number of piperidine rings is 1. The van der Waals surface area contributed by atoms with Crippen molar-refractivity contribution in [3.8, 4) is 0 Å². The molecule has 1 aliphatic carbocycles. The van der Waals surface area contributed by atoms with Crippen LogP contribution in [0.4, 0.5) is 5.69 Å². The number of nitrogens with zero attached hydrogens (tertiary/aromatic N) is 3. The van der Waals surface area contributed by atoms with Gasteiger partial charge in [0.25, 0.3) is 0 Å². The molecule has 2 fully saturated rings. The molecule has 3 aromatic rings. The van der Waals surface area contributed by atoms with Crippen molar-refractivity contribution in [3.05, 3.63) is 102 Å². The lowest BCUT2D eigenvalue weighted by molar-refractivity contribution is 0.501. The van der Waals surface area contributed by atoms with Gasteiger partial charge in [0.05, 0.1) is 29.9 Å². The second-order valence-electron chi connectivity index (χ2n) is 9.29. The maximum atomic E-state index is 8.68. The lowest BCUT2D eigenvalue weighted by Crippen LogP contribution is -2.36. The van der Waals surface area contributed by atoms with Crippen molar-refractivity contribution in [1.29, 1.82) is 5.41 Å². The normalized spacial score (nSPS) is 17.1. The van der Waals surface area contributed by atoms with Gasteiger partial charge in [-0.1, -0.05) is 60.7 Å². The highest BCUT2D eigenvalue weighted by molar-refractivity contribution is 5.94. The number of hydrogen-bond acceptors (Lipinski definition) is 6. The highest BCUT2D eigenvalue weighted by Crippen LogP contribution is 2.38. The van der Waals surface area contributed by atoms with E-state index in [1.165, 1.54) is 12.8 Å². The molecule has 2 aliphatic rings. The Morgan fingerprint density at radius 2 is 1.47 bits per heavy atom. The molecule has 6 heteroatoms. The van der Waals surface area contributed by atoms with Gasteiger partial charge in [-0.2, -0.15) is 0 Å². The molecule has 0 spiro atoms. The van der Waals surface area contributed by atoms with E-state index in [1.54, 1.807) is 6.08 Å². The van der Waals surface area contributed by atoms with Crippen molar-refractivity contribution in [3.63, 3.8) is 0 Å². The molecule has 1 aliphatic heterocycles. The second kappa shape index (κ2) is 10.1. The number of hydrogen-bond donors (Lipinski definition) is 3. The number of nitrogens with one attached hydrogen (secondary N) is 2. The zero-order valence-corrected chi connectivity index (χ0v) is 19.4. The summed E-state index contributed by atoms with van der Waals surface area (Å²) in [5, 5.41) is 12.1. The van der Waals surface area contributed by atoms with E-state index in [9.17, 15) is 0 Å². The zero-order chi connectivity index (χ0) is 23.3. The highest BCUT2D eigenvalue weighted by Gasteiger charge is 2.27. The molecule has 4 N–H and O–H groups in total. The van der Waals surface area contributed by atoms with Crippen molar-refractivity contribution in [1.82, 2.24) is 15.3 Å². The van der Waals surface area contributed by atoms with Gasteiger partial charge >= 0.3 is 0 Å². The van der Waals surface area contributed by atoms with Crippen molar-refractivity contribution >= 4 is 11.4 Å². The van der Waals surface area contributed by atoms with E-state index >= 15 is 0 Å². The van der Waals surface area contributed by atoms with Crippen molar-refractivity contribution in [2.75, 3.05) is 18.0 Å². The predicted octanol–water partition coefficient (Wildman–Crippen LogP) is 4.77. The molecule has 0 unspecified atom stereocenters. The van der Waals surface area contributed by atoms with Crippen LogP contribution >= 0.6 is 0 Å². The predicted molar refractivity (Wildman–Crippen MR) is 137 cm³/mol. The van der Waals surface area contributed by atoms with Gasteiger partial charge in [0.15, 0.2) is 0 Å². The number of allylic oxidation sites excluding steroid dienone is 1. The Morgan fingerprint density at radius 3 is 2.00 bits per heavy atom. The third kappa shape index (κ3) is 5.28. The van der Waals surface area contributed by atoms with E-state index < -0.39 is 0 Å². The standard InChI is InChI=1S/C28H32N6/c29-25(20-13-15-34(16-14-20)24-18-31-28(32-19-24)23-11-12-23)17-26(30)33-27(21-7-3-1-4-8-21)22-9-5-2-6-10-22/h1-10,17-20,23,27,29,33H,11-16,30H2/b26-17-,29-25?. The number of anilines is 1. The Balaban J connectivity index is 1.20. The molecule has 0 bridgehead atoms. The van der Waals surface area contributed by atoms with Gasteiger partial charge in [0.2, 0.25) is 0 Å². The summed E-state index contributed by atoms with van der Waals surface area (Å²) < 4.78 is 0. The van der Waals surface area contributed by atoms with Crippen LogP contribution in [-0.2, 0) is 0 Å². The fourth-order valence-electron chi connectivity index (χ4n) is 4.64. The first-order chi connectivity index (χ1) is 16.7. The van der Waals surface area contributed by atoms with E-state index in [0.29, 0.717) is 17.5 Å². The SMILES string of the molecule is N=C(/C=C(/N)NC(c1ccccc1)c1ccccc1)C1CCN(c2cnc(C3CC3)nc2)CC1. The molecule has 0 radical (unpaired) electrons. The monoisotopic (exact) mass is 452 g/mol. The molecular formula is C28H32N6. The molecule has 2 heterocycles. The van der Waals surface area contributed by atoms with Crippen LogP contribution in [0.15, 0.2) is 85.0 Å². The molecule has 34 heavy (non-hydrogen) atoms. The van der Waals surface area contributed by atoms with E-state index in [0.717, 1.165) is 48.6 Å². The summed E-state index contributed by atoms with van der Waals surface area (Å²) in [5.74, 6) is 2.29. The second-order valence-corrected chi connectivity index (χ2v) is 9.29. The van der Waals surface area contributed by atoms with Crippen LogP contribution in [0.2, 0.25) is 0 Å². The van der Waals surface area contributed by atoms with Gasteiger partial charge in [0.1, 0.15) is 5.82 Å². The van der Waals surface area contributed by atoms with Crippen LogP contribution in [-0.4, -0.2) is 28.8 Å². The van der Waals surface area contributed by atoms with Gasteiger partial charge in [-0.3, -0.25) is 0 Å². The fraction of sp³-hybridized carbons (Fsp3) is 0.321. The maximum Gasteiger partial charge on any atom is 0.131 e. The lowest BCUT2D eigenvalue weighted by atomic mass is 9.91. The first-order valence-electron chi connectivity index (χ1n) is 12.2. The molecule has 1 saturated carbocycles. The third-order valence-corrected chi connectivity index (χ3v) is 6.79. The lowest BCUT2D eigenvalue weighted by Gasteiger charge is -2.33. The van der Waals surface area contributed by atoms with Crippen LogP contribution in [0.5, 0.6) is 0 Å². The number of rotatable bonds is 8. The molecule has 0 amide bonds. The summed E-state index contributed by atoms with van der Waals surface area (Å²) >= 11 is 0. The molecule has 5 rings (SSSR count). The zero-order valence-electron chi connectivity index (χ0n) is 19.4. The Hall–Kier alpha value is -3.67. The Kier molecular flexibility index (Phi) is 6.56. The molecule has 174 valence electrons. The summed E-state index contributed by atoms with van der Waals surface area (Å²) in [5.41, 5.74) is 10.3. The van der Waals surface area contributed by atoms with Crippen molar-refractivity contribution < 1.29 is 0 Å². The van der Waals surface area contributed by atoms with Crippen molar-refractivity contribution in [2.45, 2.75) is 37.6 Å². The van der Waals surface area contributed by atoms with Crippen LogP contribution in [0.1, 0.15) is 54.6 Å². The van der Waals surface area contributed by atoms with E-state index in [4.69, 9.17) is 11.1 Å². The maximum absolute atomic E-state index is 8.68. The average Bonchev–Trinajstić information content (AvgIpc) is 3.74. The number of aromatic nitrogens is 2. The van der Waals surface area contributed by atoms with Crippen LogP contribution in [0.3, 0.4) is 0 Å². The molecule has 1 aromatic heterocycles. The summed E-state index contributed by atoms with van der Waals surface area (Å²) in [6.07, 6.45) is 10.0. The highest BCUT2D eigenvalue weighted by atomic mass is 15.2. The van der Waals surface area contributed by atoms with E-state index in [1.807, 2.05) is 48.8 Å². The topological polar surface area (TPSA) is 90.9 Å². The third-order valence-electron chi connectivity index (χ3n) is 6.79. The molecule has 1 saturated heterocycles. The van der Waals surface area contributed by atoms with Crippen molar-refractivity contribution in [2.24, 2.45) is 11.7 Å². The van der Waals surface area contributed by atoms with E-state index in [2.05, 4.69) is 44.5 Å². The summed E-state index contributed by atoms with van der Waals surface area (Å²) in [6.45, 7) is 1.80. The summed E-state index contributed by atoms with van der Waals surface area (Å²) in [4.78, 5) is 11.4.